The van der Waals surface area contributed by atoms with Crippen molar-refractivity contribution in [1.82, 2.24) is 10.2 Å². The predicted molar refractivity (Wildman–Crippen MR) is 119 cm³/mol. The van der Waals surface area contributed by atoms with Crippen molar-refractivity contribution in [3.05, 3.63) is 28.8 Å². The highest BCUT2D eigenvalue weighted by atomic mass is 127. The van der Waals surface area contributed by atoms with E-state index in [2.05, 4.69) is 15.2 Å². The molecule has 0 aliphatic carbocycles. The number of ether oxygens (including phenoxy) is 3. The second-order valence-corrected chi connectivity index (χ2v) is 6.93. The molecule has 1 aromatic rings. The number of nitrogens with one attached hydrogen (secondary N) is 1. The highest BCUT2D eigenvalue weighted by Crippen LogP contribution is 2.24. The lowest BCUT2D eigenvalue weighted by atomic mass is 10.1. The predicted octanol–water partition coefficient (Wildman–Crippen LogP) is 3.31. The highest BCUT2D eigenvalue weighted by Gasteiger charge is 2.32. The minimum absolute atomic E-state index is 0. The third-order valence-corrected chi connectivity index (χ3v) is 4.99. The Hall–Kier alpha value is -0.770. The molecule has 27 heavy (non-hydrogen) atoms. The van der Waals surface area contributed by atoms with E-state index in [0.29, 0.717) is 24.8 Å². The lowest BCUT2D eigenvalue weighted by molar-refractivity contribution is -0.0817. The summed E-state index contributed by atoms with van der Waals surface area (Å²) in [5, 5.41) is 4.12. The summed E-state index contributed by atoms with van der Waals surface area (Å²) >= 11 is 6.08. The fourth-order valence-corrected chi connectivity index (χ4v) is 3.62. The first-order valence-electron chi connectivity index (χ1n) is 9.31. The van der Waals surface area contributed by atoms with E-state index < -0.39 is 0 Å². The van der Waals surface area contributed by atoms with Gasteiger partial charge in [-0.2, -0.15) is 0 Å². The topological polar surface area (TPSA) is 55.3 Å². The summed E-state index contributed by atoms with van der Waals surface area (Å²) in [5.74, 6) is 1.68. The van der Waals surface area contributed by atoms with Crippen molar-refractivity contribution in [2.45, 2.75) is 38.5 Å². The first-order chi connectivity index (χ1) is 12.7. The van der Waals surface area contributed by atoms with Gasteiger partial charge in [0.2, 0.25) is 0 Å². The normalized spacial score (nSPS) is 23.1. The molecule has 2 atom stereocenters. The zero-order valence-electron chi connectivity index (χ0n) is 15.9. The van der Waals surface area contributed by atoms with Gasteiger partial charge in [0.15, 0.2) is 5.96 Å². The molecule has 152 valence electrons. The smallest absolute Gasteiger partial charge is 0.194 e. The van der Waals surface area contributed by atoms with E-state index >= 15 is 0 Å². The fourth-order valence-electron chi connectivity index (χ4n) is 3.46. The molecule has 1 aromatic carbocycles. The Morgan fingerprint density at radius 3 is 2.85 bits per heavy atom. The van der Waals surface area contributed by atoms with Crippen LogP contribution in [-0.2, 0) is 16.0 Å². The van der Waals surface area contributed by atoms with Crippen LogP contribution in [0.25, 0.3) is 0 Å². The van der Waals surface area contributed by atoms with Crippen molar-refractivity contribution in [3.63, 3.8) is 0 Å². The molecule has 2 saturated heterocycles. The van der Waals surface area contributed by atoms with Crippen molar-refractivity contribution < 1.29 is 14.2 Å². The third kappa shape index (κ3) is 6.10. The standard InChI is InChI=1S/C19H28ClN3O3.HI/c1-3-24-17-11-15(20)7-6-14(17)12-22-19(21-2)23-8-10-26-18(13-23)16-5-4-9-25-16;/h6-7,11,16,18H,3-5,8-10,12-13H2,1-2H3,(H,21,22);1H. The van der Waals surface area contributed by atoms with Gasteiger partial charge in [-0.15, -0.1) is 24.0 Å². The van der Waals surface area contributed by atoms with Gasteiger partial charge in [0, 0.05) is 43.9 Å². The largest absolute Gasteiger partial charge is 0.493 e. The molecule has 1 N–H and O–H groups in total. The van der Waals surface area contributed by atoms with Crippen LogP contribution < -0.4 is 10.1 Å². The number of hydrogen-bond donors (Lipinski definition) is 1. The fraction of sp³-hybridized carbons (Fsp3) is 0.632. The van der Waals surface area contributed by atoms with Crippen LogP contribution in [0.3, 0.4) is 0 Å². The van der Waals surface area contributed by atoms with Crippen LogP contribution in [0.4, 0.5) is 0 Å². The van der Waals surface area contributed by atoms with E-state index in [-0.39, 0.29) is 36.2 Å². The van der Waals surface area contributed by atoms with Crippen molar-refractivity contribution >= 4 is 41.5 Å². The molecular formula is C19H29ClIN3O3. The molecule has 3 rings (SSSR count). The summed E-state index contributed by atoms with van der Waals surface area (Å²) < 4.78 is 17.4. The number of morpholine rings is 1. The van der Waals surface area contributed by atoms with Crippen LogP contribution in [0.15, 0.2) is 23.2 Å². The molecule has 2 fully saturated rings. The van der Waals surface area contributed by atoms with E-state index in [4.69, 9.17) is 25.8 Å². The monoisotopic (exact) mass is 509 g/mol. The maximum Gasteiger partial charge on any atom is 0.194 e. The first kappa shape index (κ1) is 22.5. The van der Waals surface area contributed by atoms with Crippen molar-refractivity contribution in [2.75, 3.05) is 40.0 Å². The molecule has 0 aromatic heterocycles. The van der Waals surface area contributed by atoms with E-state index in [1.54, 1.807) is 0 Å². The van der Waals surface area contributed by atoms with Gasteiger partial charge >= 0.3 is 0 Å². The molecule has 0 bridgehead atoms. The Balaban J connectivity index is 0.00000261. The van der Waals surface area contributed by atoms with Gasteiger partial charge in [0.25, 0.3) is 0 Å². The zero-order chi connectivity index (χ0) is 18.4. The van der Waals surface area contributed by atoms with Gasteiger partial charge in [0.1, 0.15) is 11.9 Å². The van der Waals surface area contributed by atoms with Crippen LogP contribution in [0, 0.1) is 0 Å². The van der Waals surface area contributed by atoms with Crippen LogP contribution in [0.5, 0.6) is 5.75 Å². The highest BCUT2D eigenvalue weighted by molar-refractivity contribution is 14.0. The maximum absolute atomic E-state index is 6.08. The van der Waals surface area contributed by atoms with Crippen molar-refractivity contribution in [3.8, 4) is 5.75 Å². The van der Waals surface area contributed by atoms with Crippen LogP contribution in [-0.4, -0.2) is 63.0 Å². The quantitative estimate of drug-likeness (QED) is 0.375. The molecule has 2 unspecified atom stereocenters. The van der Waals surface area contributed by atoms with Gasteiger partial charge < -0.3 is 24.4 Å². The Morgan fingerprint density at radius 1 is 1.33 bits per heavy atom. The van der Waals surface area contributed by atoms with Crippen LogP contribution in [0.1, 0.15) is 25.3 Å². The lowest BCUT2D eigenvalue weighted by Crippen LogP contribution is -2.53. The number of halogens is 2. The molecule has 0 spiro atoms. The molecule has 8 heteroatoms. The maximum atomic E-state index is 6.08. The number of benzene rings is 1. The number of guanidine groups is 1. The van der Waals surface area contributed by atoms with Gasteiger partial charge in [-0.1, -0.05) is 17.7 Å². The number of rotatable bonds is 5. The average Bonchev–Trinajstić information content (AvgIpc) is 3.19. The second-order valence-electron chi connectivity index (χ2n) is 6.49. The summed E-state index contributed by atoms with van der Waals surface area (Å²) in [6.07, 6.45) is 2.51. The Kier molecular flexibility index (Phi) is 9.41. The number of nitrogens with zero attached hydrogens (tertiary/aromatic N) is 2. The molecule has 6 nitrogen and oxygen atoms in total. The number of hydrogen-bond acceptors (Lipinski definition) is 4. The Bertz CT molecular complexity index is 626. The summed E-state index contributed by atoms with van der Waals surface area (Å²) in [7, 11) is 1.81. The lowest BCUT2D eigenvalue weighted by Gasteiger charge is -2.37. The van der Waals surface area contributed by atoms with E-state index in [1.807, 2.05) is 32.2 Å². The van der Waals surface area contributed by atoms with E-state index in [9.17, 15) is 0 Å². The minimum Gasteiger partial charge on any atom is -0.493 e. The molecule has 2 heterocycles. The van der Waals surface area contributed by atoms with Gasteiger partial charge in [-0.25, -0.2) is 0 Å². The second kappa shape index (κ2) is 11.3. The summed E-state index contributed by atoms with van der Waals surface area (Å²) in [5.41, 5.74) is 1.06. The molecule has 2 aliphatic rings. The SMILES string of the molecule is CCOc1cc(Cl)ccc1CNC(=NC)N1CCOC(C2CCCO2)C1.I. The summed E-state index contributed by atoms with van der Waals surface area (Å²) in [4.78, 5) is 6.69. The van der Waals surface area contributed by atoms with E-state index in [0.717, 1.165) is 49.8 Å². The van der Waals surface area contributed by atoms with Gasteiger partial charge in [0.05, 0.1) is 19.3 Å². The first-order valence-corrected chi connectivity index (χ1v) is 9.69. The average molecular weight is 510 g/mol. The van der Waals surface area contributed by atoms with Crippen LogP contribution >= 0.6 is 35.6 Å². The van der Waals surface area contributed by atoms with E-state index in [1.165, 1.54) is 0 Å². The Labute approximate surface area is 183 Å². The summed E-state index contributed by atoms with van der Waals surface area (Å²) in [6.45, 7) is 6.35. The van der Waals surface area contributed by atoms with Crippen LogP contribution in [0.2, 0.25) is 5.02 Å². The summed E-state index contributed by atoms with van der Waals surface area (Å²) in [6, 6.07) is 5.72. The zero-order valence-corrected chi connectivity index (χ0v) is 19.0. The molecule has 0 radical (unpaired) electrons. The minimum atomic E-state index is 0. The molecule has 0 saturated carbocycles. The van der Waals surface area contributed by atoms with Crippen molar-refractivity contribution in [2.24, 2.45) is 4.99 Å². The molecular weight excluding hydrogens is 481 g/mol. The molecule has 2 aliphatic heterocycles. The van der Waals surface area contributed by atoms with Crippen molar-refractivity contribution in [1.29, 1.82) is 0 Å². The molecule has 0 amide bonds. The van der Waals surface area contributed by atoms with Gasteiger partial charge in [-0.05, 0) is 31.9 Å². The third-order valence-electron chi connectivity index (χ3n) is 4.75. The Morgan fingerprint density at radius 2 is 2.15 bits per heavy atom. The van der Waals surface area contributed by atoms with Gasteiger partial charge in [-0.3, -0.25) is 4.99 Å². The number of aliphatic imine (C=N–C) groups is 1.